The maximum absolute atomic E-state index is 13.9. The van der Waals surface area contributed by atoms with Gasteiger partial charge in [0, 0.05) is 18.3 Å². The van der Waals surface area contributed by atoms with E-state index < -0.39 is 29.7 Å². The van der Waals surface area contributed by atoms with Gasteiger partial charge in [0.2, 0.25) is 11.8 Å². The van der Waals surface area contributed by atoms with Crippen LogP contribution in [0.5, 0.6) is 0 Å². The predicted octanol–water partition coefficient (Wildman–Crippen LogP) is 3.57. The Morgan fingerprint density at radius 3 is 2.59 bits per heavy atom. The molecule has 4 rings (SSSR count). The SMILES string of the molecule is [2H]N(C(=O)OC(C)(C)C)[C@@H](CCc1ccccc1)C(=O)N1C[C@H](N)C[C@H]1C(=O)Nc1ccc2c(c1)CCC2. The summed E-state index contributed by atoms with van der Waals surface area (Å²) in [4.78, 5) is 41.4. The van der Waals surface area contributed by atoms with Gasteiger partial charge in [0.1, 0.15) is 17.7 Å². The molecule has 3 atom stereocenters. The highest BCUT2D eigenvalue weighted by molar-refractivity contribution is 5.99. The van der Waals surface area contributed by atoms with Gasteiger partial charge in [0.25, 0.3) is 0 Å². The topological polar surface area (TPSA) is 114 Å². The van der Waals surface area contributed by atoms with Crippen LogP contribution in [0.15, 0.2) is 48.5 Å². The molecule has 1 aliphatic heterocycles. The van der Waals surface area contributed by atoms with E-state index in [1.807, 2.05) is 48.5 Å². The van der Waals surface area contributed by atoms with E-state index in [0.29, 0.717) is 23.8 Å². The van der Waals surface area contributed by atoms with Gasteiger partial charge in [-0.1, -0.05) is 36.4 Å². The van der Waals surface area contributed by atoms with Gasteiger partial charge < -0.3 is 26.0 Å². The van der Waals surface area contributed by atoms with Crippen molar-refractivity contribution in [2.45, 2.75) is 83.0 Å². The predicted molar refractivity (Wildman–Crippen MR) is 143 cm³/mol. The van der Waals surface area contributed by atoms with Crippen LogP contribution in [-0.2, 0) is 33.6 Å². The normalized spacial score (nSPS) is 20.1. The zero-order valence-electron chi connectivity index (χ0n) is 22.9. The fourth-order valence-electron chi connectivity index (χ4n) is 5.03. The lowest BCUT2D eigenvalue weighted by Crippen LogP contribution is -2.53. The number of fused-ring (bicyclic) bond motifs is 1. The van der Waals surface area contributed by atoms with Gasteiger partial charge in [-0.25, -0.2) is 4.79 Å². The van der Waals surface area contributed by atoms with Gasteiger partial charge >= 0.3 is 6.09 Å². The molecule has 8 nitrogen and oxygen atoms in total. The molecule has 2 aromatic rings. The lowest BCUT2D eigenvalue weighted by Gasteiger charge is -2.29. The lowest BCUT2D eigenvalue weighted by molar-refractivity contribution is -0.138. The molecule has 0 saturated carbocycles. The number of anilines is 1. The van der Waals surface area contributed by atoms with Crippen molar-refractivity contribution >= 4 is 23.6 Å². The number of benzene rings is 2. The summed E-state index contributed by atoms with van der Waals surface area (Å²) < 4.78 is 13.9. The molecule has 0 unspecified atom stereocenters. The summed E-state index contributed by atoms with van der Waals surface area (Å²) in [5.74, 6) is -0.802. The average molecular weight is 508 g/mol. The minimum atomic E-state index is -1.13. The van der Waals surface area contributed by atoms with Gasteiger partial charge in [-0.2, -0.15) is 0 Å². The molecular formula is C29H38N4O4. The first-order chi connectivity index (χ1) is 18.0. The summed E-state index contributed by atoms with van der Waals surface area (Å²) >= 11 is 0. The van der Waals surface area contributed by atoms with Gasteiger partial charge in [-0.3, -0.25) is 9.59 Å². The molecule has 0 radical (unpaired) electrons. The van der Waals surface area contributed by atoms with Crippen LogP contribution in [0.25, 0.3) is 0 Å². The van der Waals surface area contributed by atoms with Crippen molar-refractivity contribution in [3.63, 3.8) is 0 Å². The second-order valence-electron chi connectivity index (χ2n) is 11.0. The highest BCUT2D eigenvalue weighted by Crippen LogP contribution is 2.26. The average Bonchev–Trinajstić information content (AvgIpc) is 3.49. The standard InChI is InChI=1S/C29H38N4O4/c1-29(2,3)37-28(36)32-24(15-12-19-8-5-4-6-9-19)27(35)33-18-22(30)17-25(33)26(34)31-23-14-13-20-10-7-11-21(20)16-23/h4-6,8-9,13-14,16,22,24-25H,7,10-12,15,17-18,30H2,1-3H3,(H,31,34)(H,32,36)/t22-,24+,25+/m1/s1/i/hD. The lowest BCUT2D eigenvalue weighted by atomic mass is 10.0. The maximum Gasteiger partial charge on any atom is 0.408 e. The number of aryl methyl sites for hydroxylation is 3. The van der Waals surface area contributed by atoms with Gasteiger partial charge in [-0.15, -0.1) is 0 Å². The minimum absolute atomic E-state index is 0.172. The number of carbonyl (C=O) groups excluding carboxylic acids is 3. The summed E-state index contributed by atoms with van der Waals surface area (Å²) in [6.45, 7) is 5.29. The Balaban J connectivity index is 1.52. The molecule has 0 spiro atoms. The molecule has 1 heterocycles. The first-order valence-electron chi connectivity index (χ1n) is 13.5. The van der Waals surface area contributed by atoms with E-state index in [9.17, 15) is 14.4 Å². The Morgan fingerprint density at radius 1 is 1.14 bits per heavy atom. The summed E-state index contributed by atoms with van der Waals surface area (Å²) in [7, 11) is 0. The quantitative estimate of drug-likeness (QED) is 0.530. The van der Waals surface area contributed by atoms with E-state index in [1.165, 1.54) is 16.0 Å². The van der Waals surface area contributed by atoms with Crippen molar-refractivity contribution in [2.75, 3.05) is 11.9 Å². The third kappa shape index (κ3) is 7.10. The Labute approximate surface area is 220 Å². The number of alkyl carbamates (subject to hydrolysis) is 1. The smallest absolute Gasteiger partial charge is 0.408 e. The van der Waals surface area contributed by atoms with Crippen LogP contribution in [0.4, 0.5) is 10.5 Å². The van der Waals surface area contributed by atoms with Crippen LogP contribution >= 0.6 is 0 Å². The third-order valence-electron chi connectivity index (χ3n) is 6.77. The number of rotatable bonds is 7. The number of nitrogens with zero attached hydrogens (tertiary/aromatic N) is 1. The summed E-state index contributed by atoms with van der Waals surface area (Å²) in [5, 5.41) is 3.57. The molecule has 0 aromatic heterocycles. The van der Waals surface area contributed by atoms with Crippen LogP contribution < -0.4 is 16.4 Å². The zero-order valence-corrected chi connectivity index (χ0v) is 21.9. The van der Waals surface area contributed by atoms with Crippen molar-refractivity contribution in [3.8, 4) is 0 Å². The summed E-state index contributed by atoms with van der Waals surface area (Å²) in [6.07, 6.45) is 3.22. The van der Waals surface area contributed by atoms with Crippen molar-refractivity contribution in [3.05, 3.63) is 65.2 Å². The van der Waals surface area contributed by atoms with Crippen molar-refractivity contribution in [1.29, 1.82) is 0 Å². The number of hydrogen-bond donors (Lipinski definition) is 3. The summed E-state index contributed by atoms with van der Waals surface area (Å²) in [6, 6.07) is 13.2. The van der Waals surface area contributed by atoms with Crippen molar-refractivity contribution in [1.82, 2.24) is 10.2 Å². The largest absolute Gasteiger partial charge is 0.444 e. The second-order valence-corrected chi connectivity index (χ2v) is 11.0. The minimum Gasteiger partial charge on any atom is -0.444 e. The molecule has 2 aromatic carbocycles. The monoisotopic (exact) mass is 507 g/mol. The molecule has 8 heteroatoms. The Kier molecular flexibility index (Phi) is 7.74. The van der Waals surface area contributed by atoms with E-state index >= 15 is 0 Å². The van der Waals surface area contributed by atoms with Gasteiger partial charge in [-0.05, 0) is 88.1 Å². The van der Waals surface area contributed by atoms with Crippen molar-refractivity contribution < 1.29 is 20.5 Å². The van der Waals surface area contributed by atoms with E-state index in [0.717, 1.165) is 24.8 Å². The fourth-order valence-corrected chi connectivity index (χ4v) is 5.03. The molecule has 3 amide bonds. The maximum atomic E-state index is 13.9. The van der Waals surface area contributed by atoms with E-state index in [-0.39, 0.29) is 24.9 Å². The van der Waals surface area contributed by atoms with Gasteiger partial charge in [0.15, 0.2) is 1.41 Å². The second kappa shape index (κ2) is 11.3. The van der Waals surface area contributed by atoms with E-state index in [4.69, 9.17) is 11.9 Å². The molecule has 4 N–H and O–H groups in total. The number of hydrogen-bond acceptors (Lipinski definition) is 5. The van der Waals surface area contributed by atoms with Crippen molar-refractivity contribution in [2.24, 2.45) is 5.73 Å². The Bertz CT molecular complexity index is 1170. The Hall–Kier alpha value is -3.39. The van der Waals surface area contributed by atoms with Crippen LogP contribution in [0.1, 0.15) is 56.7 Å². The number of likely N-dealkylation sites (tertiary alicyclic amines) is 1. The first kappa shape index (κ1) is 25.3. The number of carbonyl (C=O) groups is 3. The van der Waals surface area contributed by atoms with Crippen LogP contribution in [0.2, 0.25) is 1.41 Å². The molecule has 2 aliphatic rings. The Morgan fingerprint density at radius 2 is 1.86 bits per heavy atom. The van der Waals surface area contributed by atoms with E-state index in [1.54, 1.807) is 20.8 Å². The third-order valence-corrected chi connectivity index (χ3v) is 6.77. The molecule has 1 saturated heterocycles. The highest BCUT2D eigenvalue weighted by atomic mass is 16.6. The van der Waals surface area contributed by atoms with Crippen LogP contribution in [0.3, 0.4) is 0 Å². The molecule has 1 fully saturated rings. The molecular weight excluding hydrogens is 468 g/mol. The van der Waals surface area contributed by atoms with Gasteiger partial charge in [0.05, 0.1) is 0 Å². The molecule has 0 bridgehead atoms. The summed E-state index contributed by atoms with van der Waals surface area (Å²) in [5.41, 5.74) is 9.61. The fraction of sp³-hybridized carbons (Fsp3) is 0.483. The number of ether oxygens (including phenoxy) is 1. The van der Waals surface area contributed by atoms with E-state index in [2.05, 4.69) is 5.32 Å². The molecule has 198 valence electrons. The number of nitrogens with two attached hydrogens (primary N) is 1. The van der Waals surface area contributed by atoms with Crippen LogP contribution in [0, 0.1) is 0 Å². The molecule has 1 aliphatic carbocycles. The zero-order chi connectivity index (χ0) is 27.4. The first-order valence-corrected chi connectivity index (χ1v) is 13.1. The highest BCUT2D eigenvalue weighted by Gasteiger charge is 2.41. The van der Waals surface area contributed by atoms with Crippen LogP contribution in [-0.4, -0.2) is 53.1 Å². The molecule has 37 heavy (non-hydrogen) atoms. The number of amides is 3. The number of nitrogens with one attached hydrogen (secondary N) is 2.